The largest absolute Gasteiger partial charge is 0.465 e. The standard InChI is InChI=1S/C17H17N3O4/c21-14-8-17(3-4-20(9-17)16(23)24)7-11(14)5-10-1-2-12-13(6-10)19-15(22)18-12/h1-2,5-6H,3-4,7-9H2,(H,23,24)(H2,18,19,22). The SMILES string of the molecule is O=C1CC2(CCN(C(=O)O)C2)CC1=Cc1ccc2[nH]c(=O)[nH]c2c1. The third-order valence-electron chi connectivity index (χ3n) is 5.05. The number of likely N-dealkylation sites (tertiary alicyclic amines) is 1. The molecule has 2 heterocycles. The lowest BCUT2D eigenvalue weighted by atomic mass is 9.85. The van der Waals surface area contributed by atoms with Crippen molar-refractivity contribution in [2.45, 2.75) is 19.3 Å². The summed E-state index contributed by atoms with van der Waals surface area (Å²) in [5.74, 6) is 0.0879. The molecule has 2 aliphatic rings. The number of aromatic amines is 2. The van der Waals surface area contributed by atoms with E-state index >= 15 is 0 Å². The van der Waals surface area contributed by atoms with Gasteiger partial charge in [-0.2, -0.15) is 0 Å². The van der Waals surface area contributed by atoms with Crippen molar-refractivity contribution in [3.8, 4) is 0 Å². The molecule has 1 saturated carbocycles. The van der Waals surface area contributed by atoms with Crippen molar-refractivity contribution in [2.24, 2.45) is 5.41 Å². The van der Waals surface area contributed by atoms with Gasteiger partial charge in [-0.25, -0.2) is 9.59 Å². The van der Waals surface area contributed by atoms with Gasteiger partial charge in [-0.1, -0.05) is 6.07 Å². The minimum atomic E-state index is -0.918. The summed E-state index contributed by atoms with van der Waals surface area (Å²) in [5.41, 5.74) is 2.51. The number of carbonyl (C=O) groups is 2. The molecule has 2 fully saturated rings. The molecule has 0 radical (unpaired) electrons. The molecule has 0 bridgehead atoms. The molecule has 1 unspecified atom stereocenters. The molecule has 1 aliphatic heterocycles. The summed E-state index contributed by atoms with van der Waals surface area (Å²) in [6, 6.07) is 5.49. The smallest absolute Gasteiger partial charge is 0.407 e. The van der Waals surface area contributed by atoms with Crippen LogP contribution in [0, 0.1) is 5.41 Å². The molecule has 1 atom stereocenters. The maximum atomic E-state index is 12.4. The van der Waals surface area contributed by atoms with Gasteiger partial charge in [-0.05, 0) is 42.2 Å². The van der Waals surface area contributed by atoms with E-state index in [1.807, 2.05) is 18.2 Å². The molecule has 1 amide bonds. The number of ketones is 1. The van der Waals surface area contributed by atoms with Crippen LogP contribution in [0.2, 0.25) is 0 Å². The lowest BCUT2D eigenvalue weighted by molar-refractivity contribution is -0.115. The van der Waals surface area contributed by atoms with Gasteiger partial charge in [0.25, 0.3) is 0 Å². The summed E-state index contributed by atoms with van der Waals surface area (Å²) >= 11 is 0. The summed E-state index contributed by atoms with van der Waals surface area (Å²) in [7, 11) is 0. The van der Waals surface area contributed by atoms with Gasteiger partial charge < -0.3 is 20.0 Å². The topological polar surface area (TPSA) is 106 Å². The second-order valence-electron chi connectivity index (χ2n) is 6.78. The Morgan fingerprint density at radius 3 is 2.75 bits per heavy atom. The maximum Gasteiger partial charge on any atom is 0.407 e. The highest BCUT2D eigenvalue weighted by Crippen LogP contribution is 2.46. The highest BCUT2D eigenvalue weighted by atomic mass is 16.4. The number of nitrogens with one attached hydrogen (secondary N) is 2. The van der Waals surface area contributed by atoms with Crippen LogP contribution in [0.4, 0.5) is 4.79 Å². The molecule has 2 aromatic rings. The fourth-order valence-electron chi connectivity index (χ4n) is 3.88. The Bertz CT molecular complexity index is 939. The van der Waals surface area contributed by atoms with E-state index < -0.39 is 6.09 Å². The Kier molecular flexibility index (Phi) is 3.13. The van der Waals surface area contributed by atoms with Crippen LogP contribution in [-0.2, 0) is 4.79 Å². The molecule has 4 rings (SSSR count). The number of allylic oxidation sites excluding steroid dienone is 1. The van der Waals surface area contributed by atoms with Crippen LogP contribution in [0.1, 0.15) is 24.8 Å². The Hall–Kier alpha value is -2.83. The normalized spacial score (nSPS) is 25.4. The summed E-state index contributed by atoms with van der Waals surface area (Å²) in [6.45, 7) is 0.919. The van der Waals surface area contributed by atoms with Crippen molar-refractivity contribution in [3.05, 3.63) is 39.8 Å². The molecule has 1 aliphatic carbocycles. The van der Waals surface area contributed by atoms with Gasteiger partial charge in [0.05, 0.1) is 11.0 Å². The van der Waals surface area contributed by atoms with Crippen LogP contribution < -0.4 is 5.69 Å². The van der Waals surface area contributed by atoms with Gasteiger partial charge in [-0.15, -0.1) is 0 Å². The zero-order chi connectivity index (χ0) is 16.9. The van der Waals surface area contributed by atoms with E-state index in [1.165, 1.54) is 4.90 Å². The lowest BCUT2D eigenvalue weighted by Crippen LogP contribution is -2.29. The molecular weight excluding hydrogens is 310 g/mol. The first-order chi connectivity index (χ1) is 11.4. The number of Topliss-reactive ketones (excluding diaryl/α,β-unsaturated/α-hetero) is 1. The van der Waals surface area contributed by atoms with E-state index in [4.69, 9.17) is 5.11 Å². The molecule has 24 heavy (non-hydrogen) atoms. The van der Waals surface area contributed by atoms with Crippen molar-refractivity contribution < 1.29 is 14.7 Å². The number of H-pyrrole nitrogens is 2. The Labute approximate surface area is 137 Å². The quantitative estimate of drug-likeness (QED) is 0.696. The predicted octanol–water partition coefficient (Wildman–Crippen LogP) is 1.97. The highest BCUT2D eigenvalue weighted by molar-refractivity contribution is 6.02. The second-order valence-corrected chi connectivity index (χ2v) is 6.78. The highest BCUT2D eigenvalue weighted by Gasteiger charge is 2.47. The van der Waals surface area contributed by atoms with Gasteiger partial charge in [0, 0.05) is 24.9 Å². The van der Waals surface area contributed by atoms with Crippen LogP contribution in [0.5, 0.6) is 0 Å². The molecule has 3 N–H and O–H groups in total. The van der Waals surface area contributed by atoms with Crippen molar-refractivity contribution in [3.63, 3.8) is 0 Å². The Morgan fingerprint density at radius 1 is 1.21 bits per heavy atom. The van der Waals surface area contributed by atoms with Gasteiger partial charge in [0.1, 0.15) is 0 Å². The van der Waals surface area contributed by atoms with Crippen LogP contribution >= 0.6 is 0 Å². The number of imidazole rings is 1. The number of benzene rings is 1. The number of nitrogens with zero attached hydrogens (tertiary/aromatic N) is 1. The fraction of sp³-hybridized carbons (Fsp3) is 0.353. The lowest BCUT2D eigenvalue weighted by Gasteiger charge is -2.20. The average Bonchev–Trinajstić information content (AvgIpc) is 3.17. The first-order valence-corrected chi connectivity index (χ1v) is 7.88. The summed E-state index contributed by atoms with van der Waals surface area (Å²) in [5, 5.41) is 9.12. The first kappa shape index (κ1) is 14.7. The molecule has 1 aromatic heterocycles. The van der Waals surface area contributed by atoms with Gasteiger partial charge in [0.2, 0.25) is 0 Å². The second kappa shape index (κ2) is 5.09. The molecule has 1 saturated heterocycles. The first-order valence-electron chi connectivity index (χ1n) is 7.88. The Morgan fingerprint density at radius 2 is 2.00 bits per heavy atom. The van der Waals surface area contributed by atoms with E-state index in [0.717, 1.165) is 23.1 Å². The molecular formula is C17H17N3O4. The maximum absolute atomic E-state index is 12.4. The molecule has 1 aromatic carbocycles. The van der Waals surface area contributed by atoms with Crippen LogP contribution in [0.3, 0.4) is 0 Å². The van der Waals surface area contributed by atoms with E-state index in [0.29, 0.717) is 31.4 Å². The van der Waals surface area contributed by atoms with Crippen molar-refractivity contribution in [2.75, 3.05) is 13.1 Å². The average molecular weight is 327 g/mol. The van der Waals surface area contributed by atoms with Crippen LogP contribution in [0.25, 0.3) is 17.1 Å². The van der Waals surface area contributed by atoms with Crippen molar-refractivity contribution in [1.29, 1.82) is 0 Å². The summed E-state index contributed by atoms with van der Waals surface area (Å²) in [6.07, 6.45) is 2.68. The van der Waals surface area contributed by atoms with Gasteiger partial charge in [0.15, 0.2) is 5.78 Å². The minimum Gasteiger partial charge on any atom is -0.465 e. The number of carboxylic acid groups (broad SMARTS) is 1. The van der Waals surface area contributed by atoms with E-state index in [-0.39, 0.29) is 16.9 Å². The number of hydrogen-bond acceptors (Lipinski definition) is 3. The zero-order valence-electron chi connectivity index (χ0n) is 13.0. The molecule has 1 spiro atoms. The van der Waals surface area contributed by atoms with E-state index in [2.05, 4.69) is 9.97 Å². The predicted molar refractivity (Wildman–Crippen MR) is 87.8 cm³/mol. The Balaban J connectivity index is 1.61. The molecule has 7 heteroatoms. The number of rotatable bonds is 1. The van der Waals surface area contributed by atoms with Crippen LogP contribution in [-0.4, -0.2) is 44.9 Å². The third-order valence-corrected chi connectivity index (χ3v) is 5.05. The fourth-order valence-corrected chi connectivity index (χ4v) is 3.88. The van der Waals surface area contributed by atoms with E-state index in [1.54, 1.807) is 6.07 Å². The minimum absolute atomic E-state index is 0.0879. The van der Waals surface area contributed by atoms with Crippen molar-refractivity contribution >= 4 is 29.0 Å². The van der Waals surface area contributed by atoms with Crippen molar-refractivity contribution in [1.82, 2.24) is 14.9 Å². The van der Waals surface area contributed by atoms with E-state index in [9.17, 15) is 14.4 Å². The number of hydrogen-bond donors (Lipinski definition) is 3. The number of amides is 1. The summed E-state index contributed by atoms with van der Waals surface area (Å²) < 4.78 is 0. The number of fused-ring (bicyclic) bond motifs is 1. The van der Waals surface area contributed by atoms with Gasteiger partial charge in [-0.3, -0.25) is 4.79 Å². The molecule has 124 valence electrons. The van der Waals surface area contributed by atoms with Gasteiger partial charge >= 0.3 is 11.8 Å². The number of carbonyl (C=O) groups excluding carboxylic acids is 1. The monoisotopic (exact) mass is 327 g/mol. The zero-order valence-corrected chi connectivity index (χ0v) is 13.0. The number of aromatic nitrogens is 2. The third kappa shape index (κ3) is 2.42. The molecule has 7 nitrogen and oxygen atoms in total. The van der Waals surface area contributed by atoms with Crippen LogP contribution in [0.15, 0.2) is 28.6 Å². The summed E-state index contributed by atoms with van der Waals surface area (Å²) in [4.78, 5) is 41.6.